The Morgan fingerprint density at radius 2 is 2.14 bits per heavy atom. The molecular formula is C13H17ClN4O4. The smallest absolute Gasteiger partial charge is 0.407 e. The predicted octanol–water partition coefficient (Wildman–Crippen LogP) is 1.10. The number of aromatic nitrogens is 2. The van der Waals surface area contributed by atoms with E-state index in [9.17, 15) is 4.79 Å². The van der Waals surface area contributed by atoms with Crippen molar-refractivity contribution in [3.05, 3.63) is 11.2 Å². The molecule has 0 aromatic carbocycles. The van der Waals surface area contributed by atoms with Crippen LogP contribution in [-0.4, -0.2) is 71.6 Å². The number of amides is 1. The highest BCUT2D eigenvalue weighted by molar-refractivity contribution is 6.29. The zero-order chi connectivity index (χ0) is 15.5. The highest BCUT2D eigenvalue weighted by Gasteiger charge is 2.28. The third-order valence-electron chi connectivity index (χ3n) is 3.66. The van der Waals surface area contributed by atoms with E-state index in [2.05, 4.69) is 9.97 Å². The minimum atomic E-state index is -0.930. The van der Waals surface area contributed by atoms with Crippen LogP contribution in [0.15, 0.2) is 6.07 Å². The van der Waals surface area contributed by atoms with Gasteiger partial charge in [0.15, 0.2) is 0 Å². The molecule has 2 aliphatic heterocycles. The van der Waals surface area contributed by atoms with Crippen molar-refractivity contribution in [3.63, 3.8) is 0 Å². The molecule has 0 aliphatic carbocycles. The van der Waals surface area contributed by atoms with Gasteiger partial charge in [-0.3, -0.25) is 0 Å². The van der Waals surface area contributed by atoms with E-state index in [0.29, 0.717) is 62.8 Å². The second-order valence-electron chi connectivity index (χ2n) is 5.19. The fourth-order valence-electron chi connectivity index (χ4n) is 2.52. The number of halogens is 1. The molecule has 3 rings (SSSR count). The van der Waals surface area contributed by atoms with Gasteiger partial charge in [-0.05, 0) is 0 Å². The molecule has 1 aromatic heterocycles. The van der Waals surface area contributed by atoms with Gasteiger partial charge >= 0.3 is 6.09 Å². The van der Waals surface area contributed by atoms with Crippen molar-refractivity contribution in [2.24, 2.45) is 0 Å². The first-order valence-corrected chi connectivity index (χ1v) is 7.51. The SMILES string of the molecule is O=C(O)N1CCC(Oc2cc(Cl)nc(N3CCOCC3)n2)C1. The minimum Gasteiger partial charge on any atom is -0.472 e. The zero-order valence-electron chi connectivity index (χ0n) is 11.9. The molecule has 2 aliphatic rings. The normalized spacial score (nSPS) is 22.0. The first-order valence-electron chi connectivity index (χ1n) is 7.13. The van der Waals surface area contributed by atoms with E-state index in [1.54, 1.807) is 6.07 Å². The van der Waals surface area contributed by atoms with Gasteiger partial charge in [0.05, 0.1) is 19.8 Å². The molecule has 1 atom stereocenters. The molecule has 1 amide bonds. The summed E-state index contributed by atoms with van der Waals surface area (Å²) < 4.78 is 11.1. The van der Waals surface area contributed by atoms with Gasteiger partial charge in [-0.1, -0.05) is 11.6 Å². The van der Waals surface area contributed by atoms with Crippen LogP contribution < -0.4 is 9.64 Å². The van der Waals surface area contributed by atoms with Gasteiger partial charge in [0.1, 0.15) is 11.3 Å². The molecule has 3 heterocycles. The van der Waals surface area contributed by atoms with Gasteiger partial charge in [0, 0.05) is 32.1 Å². The number of hydrogen-bond donors (Lipinski definition) is 1. The summed E-state index contributed by atoms with van der Waals surface area (Å²) in [5.74, 6) is 0.887. The molecule has 0 radical (unpaired) electrons. The van der Waals surface area contributed by atoms with E-state index in [4.69, 9.17) is 26.2 Å². The van der Waals surface area contributed by atoms with E-state index in [1.807, 2.05) is 4.90 Å². The molecule has 1 N–H and O–H groups in total. The Balaban J connectivity index is 1.68. The van der Waals surface area contributed by atoms with Crippen LogP contribution >= 0.6 is 11.6 Å². The van der Waals surface area contributed by atoms with Crippen LogP contribution in [0, 0.1) is 0 Å². The average molecular weight is 329 g/mol. The topological polar surface area (TPSA) is 88.0 Å². The number of likely N-dealkylation sites (tertiary alicyclic amines) is 1. The van der Waals surface area contributed by atoms with Gasteiger partial charge in [-0.25, -0.2) is 9.78 Å². The molecule has 0 spiro atoms. The first-order chi connectivity index (χ1) is 10.6. The average Bonchev–Trinajstić information content (AvgIpc) is 2.96. The Morgan fingerprint density at radius 3 is 2.82 bits per heavy atom. The standard InChI is InChI=1S/C13H17ClN4O4/c14-10-7-11(22-9-1-2-18(8-9)13(19)20)16-12(15-10)17-3-5-21-6-4-17/h7,9H,1-6,8H2,(H,19,20). The summed E-state index contributed by atoms with van der Waals surface area (Å²) in [6, 6.07) is 1.55. The maximum Gasteiger partial charge on any atom is 0.407 e. The van der Waals surface area contributed by atoms with E-state index in [-0.39, 0.29) is 6.10 Å². The van der Waals surface area contributed by atoms with E-state index < -0.39 is 6.09 Å². The summed E-state index contributed by atoms with van der Waals surface area (Å²) >= 11 is 6.04. The Kier molecular flexibility index (Phi) is 4.49. The second-order valence-corrected chi connectivity index (χ2v) is 5.57. The lowest BCUT2D eigenvalue weighted by molar-refractivity contribution is 0.121. The number of morpholine rings is 1. The lowest BCUT2D eigenvalue weighted by Gasteiger charge is -2.27. The molecule has 0 bridgehead atoms. The summed E-state index contributed by atoms with van der Waals surface area (Å²) in [7, 11) is 0. The van der Waals surface area contributed by atoms with Crippen molar-refractivity contribution < 1.29 is 19.4 Å². The molecule has 9 heteroatoms. The molecule has 0 saturated carbocycles. The number of carboxylic acid groups (broad SMARTS) is 1. The van der Waals surface area contributed by atoms with Crippen LogP contribution in [0.4, 0.5) is 10.7 Å². The predicted molar refractivity (Wildman–Crippen MR) is 78.7 cm³/mol. The second kappa shape index (κ2) is 6.53. The highest BCUT2D eigenvalue weighted by Crippen LogP contribution is 2.23. The Labute approximate surface area is 132 Å². The van der Waals surface area contributed by atoms with Crippen LogP contribution in [0.2, 0.25) is 5.15 Å². The number of ether oxygens (including phenoxy) is 2. The van der Waals surface area contributed by atoms with Crippen molar-refractivity contribution in [2.45, 2.75) is 12.5 Å². The van der Waals surface area contributed by atoms with Gasteiger partial charge in [0.2, 0.25) is 11.8 Å². The van der Waals surface area contributed by atoms with Crippen molar-refractivity contribution >= 4 is 23.6 Å². The quantitative estimate of drug-likeness (QED) is 0.831. The molecule has 120 valence electrons. The Morgan fingerprint density at radius 1 is 1.36 bits per heavy atom. The van der Waals surface area contributed by atoms with Gasteiger partial charge in [-0.2, -0.15) is 4.98 Å². The molecule has 2 fully saturated rings. The van der Waals surface area contributed by atoms with Gasteiger partial charge < -0.3 is 24.4 Å². The van der Waals surface area contributed by atoms with Crippen molar-refractivity contribution in [3.8, 4) is 5.88 Å². The Bertz CT molecular complexity index is 553. The summed E-state index contributed by atoms with van der Waals surface area (Å²) in [5.41, 5.74) is 0. The van der Waals surface area contributed by atoms with Crippen LogP contribution in [-0.2, 0) is 4.74 Å². The van der Waals surface area contributed by atoms with Crippen LogP contribution in [0.3, 0.4) is 0 Å². The van der Waals surface area contributed by atoms with E-state index >= 15 is 0 Å². The van der Waals surface area contributed by atoms with E-state index in [1.165, 1.54) is 4.90 Å². The number of anilines is 1. The number of rotatable bonds is 3. The largest absolute Gasteiger partial charge is 0.472 e. The molecular weight excluding hydrogens is 312 g/mol. The first kappa shape index (κ1) is 15.1. The third-order valence-corrected chi connectivity index (χ3v) is 3.85. The number of carbonyl (C=O) groups is 1. The monoisotopic (exact) mass is 328 g/mol. The summed E-state index contributed by atoms with van der Waals surface area (Å²) in [5, 5.41) is 9.27. The summed E-state index contributed by atoms with van der Waals surface area (Å²) in [6.07, 6.45) is -0.499. The van der Waals surface area contributed by atoms with Gasteiger partial charge in [0.25, 0.3) is 0 Å². The summed E-state index contributed by atoms with van der Waals surface area (Å²) in [6.45, 7) is 3.47. The third kappa shape index (κ3) is 3.50. The fourth-order valence-corrected chi connectivity index (χ4v) is 2.69. The fraction of sp³-hybridized carbons (Fsp3) is 0.615. The van der Waals surface area contributed by atoms with Crippen molar-refractivity contribution in [1.82, 2.24) is 14.9 Å². The van der Waals surface area contributed by atoms with E-state index in [0.717, 1.165) is 0 Å². The molecule has 8 nitrogen and oxygen atoms in total. The molecule has 1 unspecified atom stereocenters. The minimum absolute atomic E-state index is 0.209. The highest BCUT2D eigenvalue weighted by atomic mass is 35.5. The zero-order valence-corrected chi connectivity index (χ0v) is 12.7. The maximum atomic E-state index is 10.9. The number of nitrogens with zero attached hydrogens (tertiary/aromatic N) is 4. The molecule has 1 aromatic rings. The lowest BCUT2D eigenvalue weighted by atomic mass is 10.3. The van der Waals surface area contributed by atoms with Crippen molar-refractivity contribution in [2.75, 3.05) is 44.3 Å². The Hall–Kier alpha value is -1.80. The van der Waals surface area contributed by atoms with Crippen molar-refractivity contribution in [1.29, 1.82) is 0 Å². The van der Waals surface area contributed by atoms with Crippen LogP contribution in [0.5, 0.6) is 5.88 Å². The number of hydrogen-bond acceptors (Lipinski definition) is 6. The van der Waals surface area contributed by atoms with Crippen LogP contribution in [0.25, 0.3) is 0 Å². The molecule has 22 heavy (non-hydrogen) atoms. The summed E-state index contributed by atoms with van der Waals surface area (Å²) in [4.78, 5) is 22.8. The molecule has 2 saturated heterocycles. The maximum absolute atomic E-state index is 10.9. The van der Waals surface area contributed by atoms with Crippen LogP contribution in [0.1, 0.15) is 6.42 Å². The lowest BCUT2D eigenvalue weighted by Crippen LogP contribution is -2.37. The van der Waals surface area contributed by atoms with Gasteiger partial charge in [-0.15, -0.1) is 0 Å².